The van der Waals surface area contributed by atoms with Gasteiger partial charge < -0.3 is 9.47 Å². The molecule has 1 rings (SSSR count). The second kappa shape index (κ2) is 5.05. The van der Waals surface area contributed by atoms with Crippen molar-refractivity contribution in [2.24, 2.45) is 11.3 Å². The van der Waals surface area contributed by atoms with Gasteiger partial charge in [-0.05, 0) is 24.3 Å². The number of terminal acetylenes is 1. The Hall–Kier alpha value is -1.76. The molecule has 92 valence electrons. The fourth-order valence-electron chi connectivity index (χ4n) is 2.37. The molecule has 0 N–H and O–H groups in total. The lowest BCUT2D eigenvalue weighted by molar-refractivity contribution is -0.165. The van der Waals surface area contributed by atoms with Gasteiger partial charge in [-0.25, -0.2) is 0 Å². The summed E-state index contributed by atoms with van der Waals surface area (Å²) in [4.78, 5) is 23.7. The van der Waals surface area contributed by atoms with Crippen LogP contribution in [0.25, 0.3) is 0 Å². The number of methoxy groups -OCH3 is 2. The van der Waals surface area contributed by atoms with Gasteiger partial charge in [-0.3, -0.25) is 9.59 Å². The van der Waals surface area contributed by atoms with Crippen molar-refractivity contribution >= 4 is 11.9 Å². The number of hydrogen-bond donors (Lipinski definition) is 0. The molecular weight excluding hydrogens is 220 g/mol. The summed E-state index contributed by atoms with van der Waals surface area (Å²) in [7, 11) is 2.49. The van der Waals surface area contributed by atoms with Crippen molar-refractivity contribution < 1.29 is 19.1 Å². The quantitative estimate of drug-likeness (QED) is 0.321. The smallest absolute Gasteiger partial charge is 0.327 e. The molecule has 17 heavy (non-hydrogen) atoms. The van der Waals surface area contributed by atoms with E-state index in [4.69, 9.17) is 15.9 Å². The minimum absolute atomic E-state index is 0.0747. The molecule has 0 bridgehead atoms. The zero-order valence-corrected chi connectivity index (χ0v) is 10.1. The average Bonchev–Trinajstić information content (AvgIpc) is 2.65. The number of rotatable bonds is 3. The van der Waals surface area contributed by atoms with E-state index in [1.54, 1.807) is 0 Å². The van der Waals surface area contributed by atoms with Gasteiger partial charge in [0.15, 0.2) is 5.41 Å². The van der Waals surface area contributed by atoms with E-state index < -0.39 is 17.4 Å². The number of carbonyl (C=O) groups is 2. The molecule has 0 radical (unpaired) electrons. The molecule has 0 heterocycles. The third kappa shape index (κ3) is 2.05. The molecule has 0 aliphatic heterocycles. The van der Waals surface area contributed by atoms with Gasteiger partial charge in [0.05, 0.1) is 14.2 Å². The lowest BCUT2D eigenvalue weighted by Crippen LogP contribution is -2.40. The largest absolute Gasteiger partial charge is 0.468 e. The second-order valence-corrected chi connectivity index (χ2v) is 4.17. The van der Waals surface area contributed by atoms with E-state index in [1.807, 2.05) is 0 Å². The van der Waals surface area contributed by atoms with E-state index in [1.165, 1.54) is 14.2 Å². The molecule has 4 heteroatoms. The first-order chi connectivity index (χ1) is 8.02. The number of esters is 2. The van der Waals surface area contributed by atoms with Gasteiger partial charge >= 0.3 is 11.9 Å². The van der Waals surface area contributed by atoms with Crippen molar-refractivity contribution in [3.63, 3.8) is 0 Å². The first-order valence-electron chi connectivity index (χ1n) is 5.31. The van der Waals surface area contributed by atoms with Gasteiger partial charge in [-0.1, -0.05) is 6.58 Å². The number of hydrogen-bond acceptors (Lipinski definition) is 4. The first-order valence-corrected chi connectivity index (χ1v) is 5.31. The van der Waals surface area contributed by atoms with Crippen LogP contribution in [0.2, 0.25) is 0 Å². The lowest BCUT2D eigenvalue weighted by Gasteiger charge is -2.24. The average molecular weight is 236 g/mol. The van der Waals surface area contributed by atoms with Crippen molar-refractivity contribution in [1.82, 2.24) is 0 Å². The van der Waals surface area contributed by atoms with Crippen molar-refractivity contribution in [3.05, 3.63) is 12.2 Å². The van der Waals surface area contributed by atoms with E-state index in [0.717, 1.165) is 0 Å². The van der Waals surface area contributed by atoms with Gasteiger partial charge in [0.2, 0.25) is 0 Å². The van der Waals surface area contributed by atoms with Crippen LogP contribution in [0.4, 0.5) is 0 Å². The Bertz CT molecular complexity index is 373. The van der Waals surface area contributed by atoms with Gasteiger partial charge in [0, 0.05) is 6.42 Å². The topological polar surface area (TPSA) is 52.6 Å². The van der Waals surface area contributed by atoms with Crippen LogP contribution in [0.5, 0.6) is 0 Å². The Kier molecular flexibility index (Phi) is 3.95. The minimum Gasteiger partial charge on any atom is -0.468 e. The highest BCUT2D eigenvalue weighted by Crippen LogP contribution is 2.48. The summed E-state index contributed by atoms with van der Waals surface area (Å²) in [5.74, 6) is 1.38. The predicted molar refractivity (Wildman–Crippen MR) is 61.8 cm³/mol. The molecule has 0 aromatic carbocycles. The molecular formula is C13H16O4. The maximum Gasteiger partial charge on any atom is 0.327 e. The minimum atomic E-state index is -1.37. The molecule has 0 aromatic heterocycles. The summed E-state index contributed by atoms with van der Waals surface area (Å²) in [5, 5.41) is 0. The van der Waals surface area contributed by atoms with Crippen LogP contribution in [0, 0.1) is 23.7 Å². The summed E-state index contributed by atoms with van der Waals surface area (Å²) in [5.41, 5.74) is -0.846. The highest BCUT2D eigenvalue weighted by Gasteiger charge is 2.55. The van der Waals surface area contributed by atoms with Crippen LogP contribution >= 0.6 is 0 Å². The maximum atomic E-state index is 11.9. The highest BCUT2D eigenvalue weighted by molar-refractivity contribution is 6.04. The third-order valence-electron chi connectivity index (χ3n) is 3.21. The number of carbonyl (C=O) groups excluding carboxylic acids is 2. The second-order valence-electron chi connectivity index (χ2n) is 4.17. The van der Waals surface area contributed by atoms with E-state index in [0.29, 0.717) is 24.8 Å². The number of ether oxygens (including phenoxy) is 2. The SMILES string of the molecule is C#CCC1CC(=C)C(C(=O)OC)(C(=O)OC)C1. The molecule has 0 amide bonds. The van der Waals surface area contributed by atoms with Gasteiger partial charge in [-0.2, -0.15) is 0 Å². The van der Waals surface area contributed by atoms with Crippen LogP contribution in [0.15, 0.2) is 12.2 Å². The molecule has 0 spiro atoms. The van der Waals surface area contributed by atoms with E-state index in [9.17, 15) is 9.59 Å². The van der Waals surface area contributed by atoms with Gasteiger partial charge in [0.25, 0.3) is 0 Å². The zero-order valence-electron chi connectivity index (χ0n) is 10.1. The van der Waals surface area contributed by atoms with Gasteiger partial charge in [-0.15, -0.1) is 12.3 Å². The molecule has 1 fully saturated rings. The van der Waals surface area contributed by atoms with Crippen molar-refractivity contribution in [1.29, 1.82) is 0 Å². The Morgan fingerprint density at radius 3 is 2.41 bits per heavy atom. The Morgan fingerprint density at radius 1 is 1.47 bits per heavy atom. The summed E-state index contributed by atoms with van der Waals surface area (Å²) >= 11 is 0. The molecule has 0 aromatic rings. The first kappa shape index (κ1) is 13.3. The van der Waals surface area contributed by atoms with E-state index in [2.05, 4.69) is 12.5 Å². The Labute approximate surface area is 101 Å². The third-order valence-corrected chi connectivity index (χ3v) is 3.21. The fourth-order valence-corrected chi connectivity index (χ4v) is 2.37. The molecule has 1 saturated carbocycles. The predicted octanol–water partition coefficient (Wildman–Crippen LogP) is 1.31. The van der Waals surface area contributed by atoms with Crippen LogP contribution in [-0.4, -0.2) is 26.2 Å². The summed E-state index contributed by atoms with van der Waals surface area (Å²) in [6, 6.07) is 0. The molecule has 1 aliphatic rings. The van der Waals surface area contributed by atoms with Crippen LogP contribution in [0.1, 0.15) is 19.3 Å². The van der Waals surface area contributed by atoms with Crippen LogP contribution in [0.3, 0.4) is 0 Å². The molecule has 1 aliphatic carbocycles. The Morgan fingerprint density at radius 2 is 2.00 bits per heavy atom. The van der Waals surface area contributed by atoms with Gasteiger partial charge in [0.1, 0.15) is 0 Å². The standard InChI is InChI=1S/C13H16O4/c1-5-6-10-7-9(2)13(8-10,11(14)16-3)12(15)17-4/h1,10H,2,6-8H2,3-4H3. The van der Waals surface area contributed by atoms with Crippen LogP contribution in [-0.2, 0) is 19.1 Å². The van der Waals surface area contributed by atoms with E-state index >= 15 is 0 Å². The monoisotopic (exact) mass is 236 g/mol. The lowest BCUT2D eigenvalue weighted by atomic mass is 9.82. The molecule has 1 atom stereocenters. The molecule has 1 unspecified atom stereocenters. The van der Waals surface area contributed by atoms with Crippen molar-refractivity contribution in [2.75, 3.05) is 14.2 Å². The summed E-state index contributed by atoms with van der Waals surface area (Å²) in [6.07, 6.45) is 6.62. The maximum absolute atomic E-state index is 11.9. The molecule has 0 saturated heterocycles. The molecule has 4 nitrogen and oxygen atoms in total. The normalized spacial score (nSPS) is 21.7. The highest BCUT2D eigenvalue weighted by atomic mass is 16.5. The van der Waals surface area contributed by atoms with Crippen molar-refractivity contribution in [2.45, 2.75) is 19.3 Å². The van der Waals surface area contributed by atoms with E-state index in [-0.39, 0.29) is 5.92 Å². The summed E-state index contributed by atoms with van der Waals surface area (Å²) < 4.78 is 9.41. The summed E-state index contributed by atoms with van der Waals surface area (Å²) in [6.45, 7) is 3.81. The Balaban J connectivity index is 3.09. The van der Waals surface area contributed by atoms with Crippen molar-refractivity contribution in [3.8, 4) is 12.3 Å². The fraction of sp³-hybridized carbons (Fsp3) is 0.538. The zero-order chi connectivity index (χ0) is 13.1. The van der Waals surface area contributed by atoms with Crippen LogP contribution < -0.4 is 0 Å².